The Labute approximate surface area is 130 Å². The molecule has 0 radical (unpaired) electrons. The van der Waals surface area contributed by atoms with E-state index in [0.717, 1.165) is 13.1 Å². The van der Waals surface area contributed by atoms with Gasteiger partial charge in [-0.1, -0.05) is 13.0 Å². The predicted octanol–water partition coefficient (Wildman–Crippen LogP) is 1.39. The van der Waals surface area contributed by atoms with E-state index in [-0.39, 0.29) is 29.7 Å². The van der Waals surface area contributed by atoms with Crippen molar-refractivity contribution in [2.45, 2.75) is 19.8 Å². The summed E-state index contributed by atoms with van der Waals surface area (Å²) >= 11 is 0. The molecule has 0 N–H and O–H groups in total. The lowest BCUT2D eigenvalue weighted by Crippen LogP contribution is -2.47. The number of allylic oxidation sites excluding steroid dienone is 1. The van der Waals surface area contributed by atoms with E-state index < -0.39 is 0 Å². The standard InChI is InChI=1S/C16H23N3O3/c1-4-12(2)9-13(20)10-15-17-14(11-22-15)16(21)19-7-5-18(3)6-8-19/h4,11-12H,1,5-10H2,2-3H3/t12-/m1/s1. The van der Waals surface area contributed by atoms with E-state index in [9.17, 15) is 9.59 Å². The summed E-state index contributed by atoms with van der Waals surface area (Å²) < 4.78 is 5.27. The fourth-order valence-electron chi connectivity index (χ4n) is 2.35. The van der Waals surface area contributed by atoms with Gasteiger partial charge in [0.25, 0.3) is 5.91 Å². The first-order valence-corrected chi connectivity index (χ1v) is 7.56. The van der Waals surface area contributed by atoms with Gasteiger partial charge in [-0.15, -0.1) is 6.58 Å². The van der Waals surface area contributed by atoms with E-state index in [2.05, 4.69) is 16.5 Å². The Morgan fingerprint density at radius 1 is 1.41 bits per heavy atom. The molecule has 22 heavy (non-hydrogen) atoms. The average Bonchev–Trinajstić information content (AvgIpc) is 2.95. The first kappa shape index (κ1) is 16.4. The summed E-state index contributed by atoms with van der Waals surface area (Å²) in [7, 11) is 2.03. The lowest BCUT2D eigenvalue weighted by Gasteiger charge is -2.31. The van der Waals surface area contributed by atoms with Crippen molar-refractivity contribution in [2.75, 3.05) is 33.2 Å². The molecule has 0 aromatic carbocycles. The van der Waals surface area contributed by atoms with Crippen LogP contribution in [0.5, 0.6) is 0 Å². The van der Waals surface area contributed by atoms with Crippen LogP contribution in [0.15, 0.2) is 23.3 Å². The Bertz CT molecular complexity index is 545. The van der Waals surface area contributed by atoms with Crippen LogP contribution >= 0.6 is 0 Å². The lowest BCUT2D eigenvalue weighted by atomic mass is 10.0. The maximum absolute atomic E-state index is 12.3. The molecule has 0 saturated carbocycles. The number of piperazine rings is 1. The molecular weight excluding hydrogens is 282 g/mol. The summed E-state index contributed by atoms with van der Waals surface area (Å²) in [5.74, 6) is 0.343. The minimum Gasteiger partial charge on any atom is -0.448 e. The number of likely N-dealkylation sites (N-methyl/N-ethyl adjacent to an activating group) is 1. The SMILES string of the molecule is C=C[C@@H](C)CC(=O)Cc1nc(C(=O)N2CCN(C)CC2)co1. The molecule has 1 amide bonds. The van der Waals surface area contributed by atoms with Gasteiger partial charge in [0.05, 0.1) is 6.42 Å². The highest BCUT2D eigenvalue weighted by molar-refractivity contribution is 5.92. The molecule has 1 fully saturated rings. The number of Topliss-reactive ketones (excluding diaryl/α,β-unsaturated/α-hetero) is 1. The number of aromatic nitrogens is 1. The average molecular weight is 305 g/mol. The highest BCUT2D eigenvalue weighted by Crippen LogP contribution is 2.11. The third-order valence-corrected chi connectivity index (χ3v) is 3.86. The number of hydrogen-bond acceptors (Lipinski definition) is 5. The first-order valence-electron chi connectivity index (χ1n) is 7.56. The summed E-state index contributed by atoms with van der Waals surface area (Å²) in [5.41, 5.74) is 0.282. The second kappa shape index (κ2) is 7.35. The van der Waals surface area contributed by atoms with Gasteiger partial charge in [-0.25, -0.2) is 4.98 Å². The third-order valence-electron chi connectivity index (χ3n) is 3.86. The maximum Gasteiger partial charge on any atom is 0.275 e. The summed E-state index contributed by atoms with van der Waals surface area (Å²) in [6.07, 6.45) is 3.62. The van der Waals surface area contributed by atoms with Gasteiger partial charge in [-0.05, 0) is 13.0 Å². The first-order chi connectivity index (χ1) is 10.5. The molecule has 1 aromatic heterocycles. The van der Waals surface area contributed by atoms with Crippen molar-refractivity contribution in [3.8, 4) is 0 Å². The van der Waals surface area contributed by atoms with Gasteiger partial charge >= 0.3 is 0 Å². The minimum absolute atomic E-state index is 0.0350. The minimum atomic E-state index is -0.130. The van der Waals surface area contributed by atoms with Gasteiger partial charge < -0.3 is 14.2 Å². The van der Waals surface area contributed by atoms with Crippen LogP contribution in [0.2, 0.25) is 0 Å². The van der Waals surface area contributed by atoms with Crippen molar-refractivity contribution in [3.05, 3.63) is 30.5 Å². The molecule has 6 nitrogen and oxygen atoms in total. The molecular formula is C16H23N3O3. The van der Waals surface area contributed by atoms with Gasteiger partial charge in [0.2, 0.25) is 5.89 Å². The topological polar surface area (TPSA) is 66.7 Å². The largest absolute Gasteiger partial charge is 0.448 e. The van der Waals surface area contributed by atoms with Crippen LogP contribution < -0.4 is 0 Å². The number of oxazole rings is 1. The van der Waals surface area contributed by atoms with Crippen LogP contribution in [0.4, 0.5) is 0 Å². The number of hydrogen-bond donors (Lipinski definition) is 0. The van der Waals surface area contributed by atoms with Crippen molar-refractivity contribution in [1.82, 2.24) is 14.8 Å². The molecule has 1 saturated heterocycles. The Morgan fingerprint density at radius 2 is 2.09 bits per heavy atom. The van der Waals surface area contributed by atoms with E-state index in [1.165, 1.54) is 6.26 Å². The summed E-state index contributed by atoms with van der Waals surface area (Å²) in [5, 5.41) is 0. The van der Waals surface area contributed by atoms with Crippen molar-refractivity contribution in [2.24, 2.45) is 5.92 Å². The zero-order chi connectivity index (χ0) is 16.1. The van der Waals surface area contributed by atoms with Crippen LogP contribution in [-0.4, -0.2) is 59.7 Å². The number of amides is 1. The molecule has 1 aliphatic rings. The number of carbonyl (C=O) groups is 2. The summed E-state index contributed by atoms with van der Waals surface area (Å²) in [4.78, 5) is 32.3. The fourth-order valence-corrected chi connectivity index (χ4v) is 2.35. The highest BCUT2D eigenvalue weighted by atomic mass is 16.3. The molecule has 1 atom stereocenters. The van der Waals surface area contributed by atoms with Gasteiger partial charge in [0, 0.05) is 32.6 Å². The van der Waals surface area contributed by atoms with Crippen molar-refractivity contribution >= 4 is 11.7 Å². The van der Waals surface area contributed by atoms with Gasteiger partial charge in [-0.2, -0.15) is 0 Å². The maximum atomic E-state index is 12.3. The van der Waals surface area contributed by atoms with E-state index in [4.69, 9.17) is 4.42 Å². The molecule has 0 bridgehead atoms. The number of carbonyl (C=O) groups excluding carboxylic acids is 2. The van der Waals surface area contributed by atoms with Gasteiger partial charge in [0.15, 0.2) is 5.69 Å². The molecule has 0 unspecified atom stereocenters. The molecule has 1 aliphatic heterocycles. The number of nitrogens with zero attached hydrogens (tertiary/aromatic N) is 3. The zero-order valence-electron chi connectivity index (χ0n) is 13.2. The quantitative estimate of drug-likeness (QED) is 0.743. The lowest BCUT2D eigenvalue weighted by molar-refractivity contribution is -0.119. The van der Waals surface area contributed by atoms with Crippen LogP contribution in [0.3, 0.4) is 0 Å². The molecule has 120 valence electrons. The Hall–Kier alpha value is -1.95. The number of ketones is 1. The van der Waals surface area contributed by atoms with Gasteiger partial charge in [0.1, 0.15) is 12.0 Å². The predicted molar refractivity (Wildman–Crippen MR) is 82.6 cm³/mol. The fraction of sp³-hybridized carbons (Fsp3) is 0.562. The van der Waals surface area contributed by atoms with Crippen LogP contribution in [0.1, 0.15) is 29.7 Å². The molecule has 2 heterocycles. The van der Waals surface area contributed by atoms with Crippen molar-refractivity contribution in [3.63, 3.8) is 0 Å². The van der Waals surface area contributed by atoms with Crippen LogP contribution in [0, 0.1) is 5.92 Å². The smallest absolute Gasteiger partial charge is 0.275 e. The number of rotatable bonds is 6. The Balaban J connectivity index is 1.92. The van der Waals surface area contributed by atoms with Crippen molar-refractivity contribution in [1.29, 1.82) is 0 Å². The van der Waals surface area contributed by atoms with Crippen LogP contribution in [0.25, 0.3) is 0 Å². The van der Waals surface area contributed by atoms with Gasteiger partial charge in [-0.3, -0.25) is 9.59 Å². The van der Waals surface area contributed by atoms with E-state index in [1.807, 2.05) is 14.0 Å². The normalized spacial score (nSPS) is 17.3. The zero-order valence-corrected chi connectivity index (χ0v) is 13.2. The Morgan fingerprint density at radius 3 is 2.73 bits per heavy atom. The second-order valence-electron chi connectivity index (χ2n) is 5.85. The van der Waals surface area contributed by atoms with E-state index in [0.29, 0.717) is 25.4 Å². The molecule has 0 aliphatic carbocycles. The molecule has 6 heteroatoms. The van der Waals surface area contributed by atoms with Crippen LogP contribution in [-0.2, 0) is 11.2 Å². The second-order valence-corrected chi connectivity index (χ2v) is 5.85. The molecule has 2 rings (SSSR count). The van der Waals surface area contributed by atoms with E-state index in [1.54, 1.807) is 11.0 Å². The summed E-state index contributed by atoms with van der Waals surface area (Å²) in [6.45, 7) is 8.68. The van der Waals surface area contributed by atoms with E-state index >= 15 is 0 Å². The van der Waals surface area contributed by atoms with Crippen molar-refractivity contribution < 1.29 is 14.0 Å². The summed E-state index contributed by atoms with van der Waals surface area (Å²) in [6, 6.07) is 0. The Kier molecular flexibility index (Phi) is 5.49. The molecule has 1 aromatic rings. The monoisotopic (exact) mass is 305 g/mol. The highest BCUT2D eigenvalue weighted by Gasteiger charge is 2.23. The molecule has 0 spiro atoms. The third kappa shape index (κ3) is 4.27.